The number of H-pyrrole nitrogens is 1. The molecule has 0 atom stereocenters. The monoisotopic (exact) mass is 370 g/mol. The minimum Gasteiger partial charge on any atom is -0.504 e. The van der Waals surface area contributed by atoms with E-state index in [0.29, 0.717) is 17.9 Å². The van der Waals surface area contributed by atoms with Crippen LogP contribution in [-0.2, 0) is 0 Å². The van der Waals surface area contributed by atoms with Crippen molar-refractivity contribution in [2.75, 3.05) is 6.61 Å². The van der Waals surface area contributed by atoms with Gasteiger partial charge in [-0.1, -0.05) is 0 Å². The summed E-state index contributed by atoms with van der Waals surface area (Å²) in [5.41, 5.74) is 4.16. The minimum atomic E-state index is -0.416. The summed E-state index contributed by atoms with van der Waals surface area (Å²) in [4.78, 5) is 14.3. The number of hydrazone groups is 1. The van der Waals surface area contributed by atoms with Gasteiger partial charge in [-0.05, 0) is 55.8 Å². The summed E-state index contributed by atoms with van der Waals surface area (Å²) in [6, 6.07) is 10.5. The standard InChI is InChI=1S/C18H18N4O3S/c1-3-25-16-8-12(5-6-15(16)23)10-19-22-18(24)14-9-13(20-21-14)17-7-4-11(2)26-17/h4-10,23H,3H2,1-2H3,(H,20,21)(H,22,24)/b19-10+. The number of aromatic hydroxyl groups is 1. The maximum atomic E-state index is 12.1. The zero-order valence-corrected chi connectivity index (χ0v) is 15.1. The van der Waals surface area contributed by atoms with Crippen LogP contribution in [0.5, 0.6) is 11.5 Å². The van der Waals surface area contributed by atoms with E-state index in [2.05, 4.69) is 20.7 Å². The smallest absolute Gasteiger partial charge is 0.291 e. The van der Waals surface area contributed by atoms with Gasteiger partial charge in [0.05, 0.1) is 23.4 Å². The average molecular weight is 370 g/mol. The number of rotatable bonds is 6. The number of aryl methyl sites for hydroxylation is 1. The first-order chi connectivity index (χ1) is 12.6. The van der Waals surface area contributed by atoms with Gasteiger partial charge in [0.2, 0.25) is 0 Å². The summed E-state index contributed by atoms with van der Waals surface area (Å²) in [6.45, 7) is 4.29. The van der Waals surface area contributed by atoms with Crippen molar-refractivity contribution < 1.29 is 14.6 Å². The molecule has 134 valence electrons. The van der Waals surface area contributed by atoms with Crippen molar-refractivity contribution in [2.45, 2.75) is 13.8 Å². The summed E-state index contributed by atoms with van der Waals surface area (Å²) >= 11 is 1.62. The molecule has 0 aliphatic rings. The topological polar surface area (TPSA) is 99.6 Å². The molecule has 3 rings (SSSR count). The van der Waals surface area contributed by atoms with E-state index >= 15 is 0 Å². The van der Waals surface area contributed by atoms with Crippen molar-refractivity contribution in [3.63, 3.8) is 0 Å². The molecule has 7 nitrogen and oxygen atoms in total. The number of thiophene rings is 1. The Morgan fingerprint density at radius 1 is 1.38 bits per heavy atom. The van der Waals surface area contributed by atoms with E-state index in [-0.39, 0.29) is 11.4 Å². The number of aromatic amines is 1. The number of hydrogen-bond donors (Lipinski definition) is 3. The molecule has 26 heavy (non-hydrogen) atoms. The third-order valence-corrected chi connectivity index (χ3v) is 4.51. The Balaban J connectivity index is 1.64. The molecule has 8 heteroatoms. The molecule has 2 aromatic heterocycles. The highest BCUT2D eigenvalue weighted by Crippen LogP contribution is 2.27. The molecule has 0 spiro atoms. The van der Waals surface area contributed by atoms with Crippen molar-refractivity contribution in [1.29, 1.82) is 0 Å². The van der Waals surface area contributed by atoms with Crippen molar-refractivity contribution >= 4 is 23.5 Å². The predicted octanol–water partition coefficient (Wildman–Crippen LogP) is 3.31. The van der Waals surface area contributed by atoms with Crippen molar-refractivity contribution in [2.24, 2.45) is 5.10 Å². The average Bonchev–Trinajstić information content (AvgIpc) is 3.27. The van der Waals surface area contributed by atoms with Gasteiger partial charge in [-0.15, -0.1) is 11.3 Å². The molecular weight excluding hydrogens is 352 g/mol. The zero-order valence-electron chi connectivity index (χ0n) is 14.3. The second-order valence-corrected chi connectivity index (χ2v) is 6.72. The summed E-state index contributed by atoms with van der Waals surface area (Å²) in [7, 11) is 0. The number of amides is 1. The molecule has 0 saturated carbocycles. The van der Waals surface area contributed by atoms with Gasteiger partial charge >= 0.3 is 0 Å². The number of nitrogens with zero attached hydrogens (tertiary/aromatic N) is 2. The fraction of sp³-hybridized carbons (Fsp3) is 0.167. The Bertz CT molecular complexity index is 946. The predicted molar refractivity (Wildman–Crippen MR) is 101 cm³/mol. The number of nitrogens with one attached hydrogen (secondary N) is 2. The first kappa shape index (κ1) is 17.7. The number of carbonyl (C=O) groups is 1. The first-order valence-electron chi connectivity index (χ1n) is 7.98. The van der Waals surface area contributed by atoms with E-state index in [1.807, 2.05) is 26.0 Å². The third-order valence-electron chi connectivity index (χ3n) is 3.48. The lowest BCUT2D eigenvalue weighted by atomic mass is 10.2. The molecule has 0 aliphatic carbocycles. The number of phenols is 1. The number of carbonyl (C=O) groups excluding carboxylic acids is 1. The minimum absolute atomic E-state index is 0.0564. The number of phenolic OH excluding ortho intramolecular Hbond substituents is 1. The molecule has 0 radical (unpaired) electrons. The molecule has 0 aliphatic heterocycles. The molecule has 0 fully saturated rings. The quantitative estimate of drug-likeness (QED) is 0.458. The molecule has 0 bridgehead atoms. The molecule has 1 aromatic carbocycles. The van der Waals surface area contributed by atoms with Crippen LogP contribution in [0, 0.1) is 6.92 Å². The van der Waals surface area contributed by atoms with Crippen LogP contribution in [0.1, 0.15) is 27.9 Å². The van der Waals surface area contributed by atoms with E-state index in [9.17, 15) is 9.90 Å². The summed E-state index contributed by atoms with van der Waals surface area (Å²) in [6.07, 6.45) is 1.47. The number of hydrogen-bond acceptors (Lipinski definition) is 6. The van der Waals surface area contributed by atoms with Gasteiger partial charge in [-0.25, -0.2) is 5.43 Å². The summed E-state index contributed by atoms with van der Waals surface area (Å²) < 4.78 is 5.31. The van der Waals surface area contributed by atoms with Crippen molar-refractivity contribution in [3.05, 3.63) is 52.5 Å². The van der Waals surface area contributed by atoms with Gasteiger partial charge < -0.3 is 9.84 Å². The van der Waals surface area contributed by atoms with Crippen LogP contribution in [-0.4, -0.2) is 34.0 Å². The lowest BCUT2D eigenvalue weighted by Crippen LogP contribution is -2.18. The fourth-order valence-corrected chi connectivity index (χ4v) is 3.08. The molecule has 1 amide bonds. The Kier molecular flexibility index (Phi) is 5.33. The van der Waals surface area contributed by atoms with Crippen LogP contribution >= 0.6 is 11.3 Å². The Morgan fingerprint density at radius 3 is 2.96 bits per heavy atom. The summed E-state index contributed by atoms with van der Waals surface area (Å²) in [5, 5.41) is 20.5. The van der Waals surface area contributed by atoms with Gasteiger partial charge in [0.15, 0.2) is 17.2 Å². The maximum absolute atomic E-state index is 12.1. The van der Waals surface area contributed by atoms with Gasteiger partial charge in [0, 0.05) is 4.88 Å². The molecular formula is C18H18N4O3S. The van der Waals surface area contributed by atoms with E-state index in [1.54, 1.807) is 29.5 Å². The lowest BCUT2D eigenvalue weighted by Gasteiger charge is -2.05. The first-order valence-corrected chi connectivity index (χ1v) is 8.80. The van der Waals surface area contributed by atoms with Crippen molar-refractivity contribution in [3.8, 4) is 22.1 Å². The highest BCUT2D eigenvalue weighted by molar-refractivity contribution is 7.15. The van der Waals surface area contributed by atoms with Gasteiger partial charge in [-0.3, -0.25) is 9.89 Å². The molecule has 0 unspecified atom stereocenters. The molecule has 2 heterocycles. The third kappa shape index (κ3) is 4.09. The maximum Gasteiger partial charge on any atom is 0.291 e. The number of aromatic nitrogens is 2. The lowest BCUT2D eigenvalue weighted by molar-refractivity contribution is 0.0950. The normalized spacial score (nSPS) is 11.0. The van der Waals surface area contributed by atoms with Crippen LogP contribution in [0.2, 0.25) is 0 Å². The van der Waals surface area contributed by atoms with E-state index in [4.69, 9.17) is 4.74 Å². The van der Waals surface area contributed by atoms with E-state index in [1.165, 1.54) is 17.2 Å². The molecule has 0 saturated heterocycles. The number of benzene rings is 1. The van der Waals surface area contributed by atoms with Crippen LogP contribution in [0.25, 0.3) is 10.6 Å². The van der Waals surface area contributed by atoms with Crippen LogP contribution in [0.15, 0.2) is 41.5 Å². The molecule has 3 aromatic rings. The van der Waals surface area contributed by atoms with Crippen LogP contribution < -0.4 is 10.2 Å². The van der Waals surface area contributed by atoms with E-state index < -0.39 is 5.91 Å². The zero-order chi connectivity index (χ0) is 18.5. The number of ether oxygens (including phenoxy) is 1. The highest BCUT2D eigenvalue weighted by Gasteiger charge is 2.11. The Hall–Kier alpha value is -3.13. The molecule has 3 N–H and O–H groups in total. The van der Waals surface area contributed by atoms with Gasteiger partial charge in [-0.2, -0.15) is 10.2 Å². The second-order valence-electron chi connectivity index (χ2n) is 5.44. The fourth-order valence-electron chi connectivity index (χ4n) is 2.25. The Morgan fingerprint density at radius 2 is 2.23 bits per heavy atom. The second kappa shape index (κ2) is 7.83. The van der Waals surface area contributed by atoms with Crippen LogP contribution in [0.3, 0.4) is 0 Å². The van der Waals surface area contributed by atoms with Crippen LogP contribution in [0.4, 0.5) is 0 Å². The van der Waals surface area contributed by atoms with E-state index in [0.717, 1.165) is 10.6 Å². The Labute approximate surface area is 154 Å². The SMILES string of the molecule is CCOc1cc(/C=N/NC(=O)c2cc(-c3ccc(C)s3)[nH]n2)ccc1O. The highest BCUT2D eigenvalue weighted by atomic mass is 32.1. The van der Waals surface area contributed by atoms with Crippen molar-refractivity contribution in [1.82, 2.24) is 15.6 Å². The van der Waals surface area contributed by atoms with Gasteiger partial charge in [0.25, 0.3) is 5.91 Å². The van der Waals surface area contributed by atoms with Gasteiger partial charge in [0.1, 0.15) is 0 Å². The summed E-state index contributed by atoms with van der Waals surface area (Å²) in [5.74, 6) is 0.00713. The largest absolute Gasteiger partial charge is 0.504 e.